The van der Waals surface area contributed by atoms with E-state index >= 15 is 0 Å². The van der Waals surface area contributed by atoms with E-state index in [1.165, 1.54) is 50.1 Å². The van der Waals surface area contributed by atoms with Gasteiger partial charge in [0.15, 0.2) is 0 Å². The summed E-state index contributed by atoms with van der Waals surface area (Å²) in [5.41, 5.74) is 19.5. The second-order valence-corrected chi connectivity index (χ2v) is 22.0. The molecule has 0 saturated heterocycles. The number of aryl methyl sites for hydroxylation is 2. The molecule has 0 atom stereocenters. The molecule has 0 saturated carbocycles. The van der Waals surface area contributed by atoms with Gasteiger partial charge in [-0.2, -0.15) is 0 Å². The zero-order valence-electron chi connectivity index (χ0n) is 42.2. The zero-order chi connectivity index (χ0) is 49.3. The third-order valence-electron chi connectivity index (χ3n) is 15.4. The summed E-state index contributed by atoms with van der Waals surface area (Å²) in [7, 11) is 0. The summed E-state index contributed by atoms with van der Waals surface area (Å²) in [5, 5.41) is 4.38. The van der Waals surface area contributed by atoms with Gasteiger partial charge >= 0.3 is 0 Å². The Morgan fingerprint density at radius 3 is 1.42 bits per heavy atom. The third-order valence-corrected chi connectivity index (χ3v) is 15.4. The Morgan fingerprint density at radius 1 is 0.431 bits per heavy atom. The number of rotatable bonds is 6. The molecule has 5 nitrogen and oxygen atoms in total. The first kappa shape index (κ1) is 43.7. The van der Waals surface area contributed by atoms with Crippen LogP contribution in [0.15, 0.2) is 199 Å². The maximum atomic E-state index is 7.42. The van der Waals surface area contributed by atoms with Crippen molar-refractivity contribution in [1.82, 2.24) is 9.97 Å². The Morgan fingerprint density at radius 2 is 0.889 bits per heavy atom. The fourth-order valence-electron chi connectivity index (χ4n) is 11.9. The molecule has 0 N–H and O–H groups in total. The van der Waals surface area contributed by atoms with Gasteiger partial charge in [0, 0.05) is 40.1 Å². The lowest BCUT2D eigenvalue weighted by Gasteiger charge is -2.33. The van der Waals surface area contributed by atoms with Crippen molar-refractivity contribution in [3.63, 3.8) is 0 Å². The average molecular weight is 933 g/mol. The van der Waals surface area contributed by atoms with E-state index < -0.39 is 5.41 Å². The minimum Gasteiger partial charge on any atom is -0.455 e. The predicted molar refractivity (Wildman–Crippen MR) is 299 cm³/mol. The van der Waals surface area contributed by atoms with Gasteiger partial charge < -0.3 is 4.42 Å². The minimum atomic E-state index is -0.760. The summed E-state index contributed by atoms with van der Waals surface area (Å²) < 4.78 is 7.42. The maximum Gasteiger partial charge on any atom is 0.145 e. The highest BCUT2D eigenvalue weighted by Gasteiger charge is 2.54. The number of fused-ring (bicyclic) bond motifs is 16. The third kappa shape index (κ3) is 6.46. The Bertz CT molecular complexity index is 3900. The fraction of sp³-hybridized carbons (Fsp3) is 0.164. The second-order valence-electron chi connectivity index (χ2n) is 22.0. The Balaban J connectivity index is 1.20. The summed E-state index contributed by atoms with van der Waals surface area (Å²) in [5.74, 6) is 1.69. The van der Waals surface area contributed by atoms with Gasteiger partial charge in [-0.3, -0.25) is 9.80 Å². The number of aromatic nitrogens is 2. The molecule has 2 aliphatic carbocycles. The van der Waals surface area contributed by atoms with E-state index in [0.29, 0.717) is 0 Å². The molecule has 3 aromatic heterocycles. The first-order valence-electron chi connectivity index (χ1n) is 25.2. The molecular weight excluding hydrogens is 877 g/mol. The Labute approximate surface area is 422 Å². The molecule has 0 amide bonds. The minimum absolute atomic E-state index is 0.00499. The summed E-state index contributed by atoms with van der Waals surface area (Å²) in [6.45, 7) is 17.8. The molecule has 350 valence electrons. The molecule has 8 aromatic carbocycles. The summed E-state index contributed by atoms with van der Waals surface area (Å²) in [4.78, 5) is 15.1. The number of benzene rings is 8. The smallest absolute Gasteiger partial charge is 0.145 e. The molecule has 5 heteroatoms. The van der Waals surface area contributed by atoms with E-state index in [9.17, 15) is 0 Å². The van der Waals surface area contributed by atoms with E-state index in [1.54, 1.807) is 0 Å². The first-order chi connectivity index (χ1) is 34.8. The molecule has 11 aromatic rings. The quantitative estimate of drug-likeness (QED) is 0.166. The van der Waals surface area contributed by atoms with E-state index in [-0.39, 0.29) is 10.8 Å². The SMILES string of the molecule is Cc1ccc(N(c2ccc(C(C)(C)C)cc2)c2cc3c(c4ccccc24)-c2c(cc(N(c4ccc(C(C)(C)C)cc4)c4ccc(C)cn4)c4c2oc2ccccc24)C32c3ccccc3-c3ccccc32)nc1. The van der Waals surface area contributed by atoms with Gasteiger partial charge in [-0.25, -0.2) is 9.97 Å². The van der Waals surface area contributed by atoms with Crippen LogP contribution >= 0.6 is 0 Å². The summed E-state index contributed by atoms with van der Waals surface area (Å²) in [6.07, 6.45) is 3.96. The summed E-state index contributed by atoms with van der Waals surface area (Å²) >= 11 is 0. The zero-order valence-corrected chi connectivity index (χ0v) is 42.2. The molecule has 1 spiro atoms. The number of hydrogen-bond donors (Lipinski definition) is 0. The van der Waals surface area contributed by atoms with Crippen LogP contribution in [0.25, 0.3) is 55.0 Å². The van der Waals surface area contributed by atoms with Crippen LogP contribution in [0.3, 0.4) is 0 Å². The van der Waals surface area contributed by atoms with Crippen molar-refractivity contribution in [3.05, 3.63) is 239 Å². The lowest BCUT2D eigenvalue weighted by molar-refractivity contribution is 0.590. The average Bonchev–Trinajstić information content (AvgIpc) is 4.02. The molecule has 0 unspecified atom stereocenters. The molecule has 3 heterocycles. The van der Waals surface area contributed by atoms with Crippen molar-refractivity contribution < 1.29 is 4.42 Å². The fourth-order valence-corrected chi connectivity index (χ4v) is 11.9. The monoisotopic (exact) mass is 932 g/mol. The van der Waals surface area contributed by atoms with Crippen LogP contribution in [0.2, 0.25) is 0 Å². The topological polar surface area (TPSA) is 45.4 Å². The Hall–Kier alpha value is -8.28. The van der Waals surface area contributed by atoms with Crippen LogP contribution in [0.5, 0.6) is 0 Å². The highest BCUT2D eigenvalue weighted by Crippen LogP contribution is 2.67. The van der Waals surface area contributed by atoms with Gasteiger partial charge in [-0.1, -0.05) is 169 Å². The standard InChI is InChI=1S/C67H56N4O/c1-41-25-35-59(68-39-41)70(45-31-27-43(28-32-45)65(3,4)5)56-37-54-61(50-20-10-9-19-49(50)56)63-55(67(54)52-22-14-11-17-47(52)48-18-12-15-23-53(48)67)38-57(62-51-21-13-16-24-58(51)72-64(62)63)71(60-36-26-42(2)40-69-60)46-33-29-44(30-34-46)66(6,7)8/h9-40H,1-8H3. The van der Waals surface area contributed by atoms with E-state index in [4.69, 9.17) is 14.4 Å². The second kappa shape index (κ2) is 15.9. The highest BCUT2D eigenvalue weighted by molar-refractivity contribution is 6.23. The van der Waals surface area contributed by atoms with Crippen molar-refractivity contribution in [2.45, 2.75) is 71.6 Å². The number of para-hydroxylation sites is 1. The van der Waals surface area contributed by atoms with Crippen molar-refractivity contribution >= 4 is 67.1 Å². The van der Waals surface area contributed by atoms with Crippen LogP contribution in [-0.2, 0) is 16.2 Å². The molecule has 72 heavy (non-hydrogen) atoms. The normalized spacial score (nSPS) is 13.4. The molecule has 2 aliphatic rings. The van der Waals surface area contributed by atoms with Gasteiger partial charge in [0.05, 0.1) is 22.2 Å². The van der Waals surface area contributed by atoms with Gasteiger partial charge in [-0.05, 0) is 146 Å². The molecular formula is C67H56N4O. The largest absolute Gasteiger partial charge is 0.455 e. The van der Waals surface area contributed by atoms with E-state index in [1.807, 2.05) is 12.4 Å². The van der Waals surface area contributed by atoms with E-state index in [2.05, 4.69) is 247 Å². The van der Waals surface area contributed by atoms with Crippen molar-refractivity contribution in [3.8, 4) is 22.3 Å². The number of furan rings is 1. The predicted octanol–water partition coefficient (Wildman–Crippen LogP) is 18.0. The van der Waals surface area contributed by atoms with Crippen molar-refractivity contribution in [2.24, 2.45) is 0 Å². The highest BCUT2D eigenvalue weighted by atomic mass is 16.3. The van der Waals surface area contributed by atoms with Crippen molar-refractivity contribution in [1.29, 1.82) is 0 Å². The molecule has 0 radical (unpaired) electrons. The Kier molecular flexibility index (Phi) is 9.63. The lowest BCUT2D eigenvalue weighted by Crippen LogP contribution is -2.27. The van der Waals surface area contributed by atoms with Gasteiger partial charge in [0.25, 0.3) is 0 Å². The summed E-state index contributed by atoms with van der Waals surface area (Å²) in [6, 6.07) is 67.4. The van der Waals surface area contributed by atoms with Crippen LogP contribution in [0.1, 0.15) is 86.1 Å². The molecule has 0 fully saturated rings. The number of hydrogen-bond acceptors (Lipinski definition) is 5. The van der Waals surface area contributed by atoms with Gasteiger partial charge in [0.2, 0.25) is 0 Å². The van der Waals surface area contributed by atoms with Crippen LogP contribution in [-0.4, -0.2) is 9.97 Å². The van der Waals surface area contributed by atoms with Crippen LogP contribution in [0, 0.1) is 13.8 Å². The van der Waals surface area contributed by atoms with Crippen LogP contribution < -0.4 is 9.80 Å². The molecule has 0 aliphatic heterocycles. The lowest BCUT2D eigenvalue weighted by atomic mass is 9.70. The van der Waals surface area contributed by atoms with E-state index in [0.717, 1.165) is 83.8 Å². The number of pyridine rings is 2. The van der Waals surface area contributed by atoms with Gasteiger partial charge in [-0.15, -0.1) is 0 Å². The van der Waals surface area contributed by atoms with Crippen molar-refractivity contribution in [2.75, 3.05) is 9.80 Å². The van der Waals surface area contributed by atoms with Gasteiger partial charge in [0.1, 0.15) is 22.8 Å². The molecule has 0 bridgehead atoms. The van der Waals surface area contributed by atoms with Crippen LogP contribution in [0.4, 0.5) is 34.4 Å². The number of nitrogens with zero attached hydrogens (tertiary/aromatic N) is 4. The first-order valence-corrected chi connectivity index (χ1v) is 25.2. The molecule has 13 rings (SSSR count). The maximum absolute atomic E-state index is 7.42. The number of anilines is 6.